The molecule has 3 rings (SSSR count). The number of pyridine rings is 1. The van der Waals surface area contributed by atoms with Crippen LogP contribution in [-0.4, -0.2) is 24.7 Å². The lowest BCUT2D eigenvalue weighted by Crippen LogP contribution is -2.20. The molecule has 0 saturated carbocycles. The second kappa shape index (κ2) is 7.49. The van der Waals surface area contributed by atoms with Gasteiger partial charge in [0.15, 0.2) is 5.43 Å². The van der Waals surface area contributed by atoms with E-state index in [0.29, 0.717) is 33.1 Å². The third-order valence-corrected chi connectivity index (χ3v) is 4.17. The molecule has 134 valence electrons. The van der Waals surface area contributed by atoms with Crippen LogP contribution < -0.4 is 20.2 Å². The summed E-state index contributed by atoms with van der Waals surface area (Å²) in [6.45, 7) is 0.0266. The lowest BCUT2D eigenvalue weighted by atomic mass is 10.2. The molecule has 0 bridgehead atoms. The number of benzene rings is 2. The van der Waals surface area contributed by atoms with Crippen molar-refractivity contribution in [1.29, 1.82) is 0 Å². The standard InChI is InChI=1S/C19H17ClN2O4/c1-25-13-4-6-18(26-2)15(10-13)21-19(24)11-22-8-7-17(23)14-9-12(20)3-5-16(14)22/h3-10H,11H2,1-2H3,(H,21,24). The second-order valence-electron chi connectivity index (χ2n) is 5.58. The Balaban J connectivity index is 1.89. The van der Waals surface area contributed by atoms with Crippen LogP contribution in [0.4, 0.5) is 5.69 Å². The molecule has 0 unspecified atom stereocenters. The second-order valence-corrected chi connectivity index (χ2v) is 6.02. The SMILES string of the molecule is COc1ccc(OC)c(NC(=O)Cn2ccc(=O)c3cc(Cl)ccc32)c1. The summed E-state index contributed by atoms with van der Waals surface area (Å²) in [6, 6.07) is 11.6. The van der Waals surface area contributed by atoms with Crippen molar-refractivity contribution >= 4 is 34.1 Å². The van der Waals surface area contributed by atoms with E-state index in [1.165, 1.54) is 13.2 Å². The third-order valence-electron chi connectivity index (χ3n) is 3.93. The fourth-order valence-corrected chi connectivity index (χ4v) is 2.85. The third kappa shape index (κ3) is 3.65. The summed E-state index contributed by atoms with van der Waals surface area (Å²) in [5.41, 5.74) is 0.994. The Labute approximate surface area is 154 Å². The number of ether oxygens (including phenoxy) is 2. The molecule has 3 aromatic rings. The van der Waals surface area contributed by atoms with Crippen molar-refractivity contribution in [3.05, 3.63) is 63.9 Å². The van der Waals surface area contributed by atoms with Gasteiger partial charge in [0.05, 0.1) is 25.4 Å². The average Bonchev–Trinajstić information content (AvgIpc) is 2.64. The fraction of sp³-hybridized carbons (Fsp3) is 0.158. The molecular formula is C19H17ClN2O4. The molecule has 6 nitrogen and oxygen atoms in total. The van der Waals surface area contributed by atoms with Gasteiger partial charge in [0.2, 0.25) is 5.91 Å². The number of nitrogens with one attached hydrogen (secondary N) is 1. The summed E-state index contributed by atoms with van der Waals surface area (Å²) in [7, 11) is 3.07. The molecule has 0 atom stereocenters. The van der Waals surface area contributed by atoms with E-state index in [1.807, 2.05) is 0 Å². The molecule has 0 spiro atoms. The van der Waals surface area contributed by atoms with Crippen LogP contribution in [-0.2, 0) is 11.3 Å². The van der Waals surface area contributed by atoms with Gasteiger partial charge in [-0.2, -0.15) is 0 Å². The first-order valence-corrected chi connectivity index (χ1v) is 8.20. The Morgan fingerprint density at radius 3 is 2.65 bits per heavy atom. The molecule has 1 amide bonds. The van der Waals surface area contributed by atoms with Crippen molar-refractivity contribution in [2.24, 2.45) is 0 Å². The van der Waals surface area contributed by atoms with Crippen molar-refractivity contribution in [1.82, 2.24) is 4.57 Å². The summed E-state index contributed by atoms with van der Waals surface area (Å²) in [5, 5.41) is 3.74. The van der Waals surface area contributed by atoms with Gasteiger partial charge in [-0.25, -0.2) is 0 Å². The summed E-state index contributed by atoms with van der Waals surface area (Å²) in [6.07, 6.45) is 1.58. The van der Waals surface area contributed by atoms with E-state index in [4.69, 9.17) is 21.1 Å². The smallest absolute Gasteiger partial charge is 0.244 e. The van der Waals surface area contributed by atoms with Gasteiger partial charge in [0, 0.05) is 28.7 Å². The number of aromatic nitrogens is 1. The van der Waals surface area contributed by atoms with E-state index >= 15 is 0 Å². The maximum absolute atomic E-state index is 12.5. The molecule has 2 aromatic carbocycles. The maximum Gasteiger partial charge on any atom is 0.244 e. The van der Waals surface area contributed by atoms with Crippen molar-refractivity contribution in [2.75, 3.05) is 19.5 Å². The van der Waals surface area contributed by atoms with Gasteiger partial charge in [-0.05, 0) is 30.3 Å². The molecule has 0 aliphatic heterocycles. The Bertz CT molecular complexity index is 1030. The number of amides is 1. The van der Waals surface area contributed by atoms with Gasteiger partial charge >= 0.3 is 0 Å². The monoisotopic (exact) mass is 372 g/mol. The Kier molecular flexibility index (Phi) is 5.14. The van der Waals surface area contributed by atoms with Gasteiger partial charge in [0.25, 0.3) is 0 Å². The zero-order valence-electron chi connectivity index (χ0n) is 14.3. The highest BCUT2D eigenvalue weighted by Crippen LogP contribution is 2.29. The maximum atomic E-state index is 12.5. The van der Waals surface area contributed by atoms with Gasteiger partial charge in [-0.3, -0.25) is 9.59 Å². The van der Waals surface area contributed by atoms with E-state index in [1.54, 1.807) is 54.3 Å². The molecule has 26 heavy (non-hydrogen) atoms. The first kappa shape index (κ1) is 17.8. The number of anilines is 1. The number of fused-ring (bicyclic) bond motifs is 1. The lowest BCUT2D eigenvalue weighted by molar-refractivity contribution is -0.116. The Morgan fingerprint density at radius 2 is 1.92 bits per heavy atom. The highest BCUT2D eigenvalue weighted by Gasteiger charge is 2.11. The van der Waals surface area contributed by atoms with E-state index in [2.05, 4.69) is 5.32 Å². The van der Waals surface area contributed by atoms with E-state index in [0.717, 1.165) is 0 Å². The molecule has 0 aliphatic rings. The predicted octanol–water partition coefficient (Wildman–Crippen LogP) is 3.31. The molecule has 0 saturated heterocycles. The largest absolute Gasteiger partial charge is 0.497 e. The first-order valence-electron chi connectivity index (χ1n) is 7.82. The average molecular weight is 373 g/mol. The number of carbonyl (C=O) groups is 1. The predicted molar refractivity (Wildman–Crippen MR) is 101 cm³/mol. The van der Waals surface area contributed by atoms with Gasteiger partial charge < -0.3 is 19.4 Å². The van der Waals surface area contributed by atoms with E-state index in [9.17, 15) is 9.59 Å². The van der Waals surface area contributed by atoms with Gasteiger partial charge in [0.1, 0.15) is 18.0 Å². The number of halogens is 1. The number of carbonyl (C=O) groups excluding carboxylic acids is 1. The quantitative estimate of drug-likeness (QED) is 0.746. The fourth-order valence-electron chi connectivity index (χ4n) is 2.68. The van der Waals surface area contributed by atoms with Crippen molar-refractivity contribution in [3.8, 4) is 11.5 Å². The first-order chi connectivity index (χ1) is 12.5. The van der Waals surface area contributed by atoms with Crippen molar-refractivity contribution < 1.29 is 14.3 Å². The Hall–Kier alpha value is -2.99. The van der Waals surface area contributed by atoms with Crippen LogP contribution in [0.2, 0.25) is 5.02 Å². The summed E-state index contributed by atoms with van der Waals surface area (Å²) >= 11 is 5.96. The summed E-state index contributed by atoms with van der Waals surface area (Å²) in [5.74, 6) is 0.858. The molecule has 1 heterocycles. The number of hydrogen-bond donors (Lipinski definition) is 1. The minimum Gasteiger partial charge on any atom is -0.497 e. The molecule has 1 N–H and O–H groups in total. The summed E-state index contributed by atoms with van der Waals surface area (Å²) < 4.78 is 12.1. The van der Waals surface area contributed by atoms with Crippen molar-refractivity contribution in [2.45, 2.75) is 6.54 Å². The lowest BCUT2D eigenvalue weighted by Gasteiger charge is -2.14. The van der Waals surface area contributed by atoms with Crippen LogP contribution in [0.3, 0.4) is 0 Å². The zero-order valence-corrected chi connectivity index (χ0v) is 15.0. The molecule has 0 fully saturated rings. The van der Waals surface area contributed by atoms with Crippen molar-refractivity contribution in [3.63, 3.8) is 0 Å². The van der Waals surface area contributed by atoms with Gasteiger partial charge in [-0.1, -0.05) is 11.6 Å². The highest BCUT2D eigenvalue weighted by molar-refractivity contribution is 6.31. The van der Waals surface area contributed by atoms with E-state index < -0.39 is 0 Å². The minimum absolute atomic E-state index is 0.0266. The normalized spacial score (nSPS) is 10.6. The van der Waals surface area contributed by atoms with Crippen LogP contribution in [0.25, 0.3) is 10.9 Å². The highest BCUT2D eigenvalue weighted by atomic mass is 35.5. The number of methoxy groups -OCH3 is 2. The molecular weight excluding hydrogens is 356 g/mol. The van der Waals surface area contributed by atoms with Crippen LogP contribution >= 0.6 is 11.6 Å². The summed E-state index contributed by atoms with van der Waals surface area (Å²) in [4.78, 5) is 24.5. The Morgan fingerprint density at radius 1 is 1.12 bits per heavy atom. The van der Waals surface area contributed by atoms with Crippen LogP contribution in [0.15, 0.2) is 53.5 Å². The molecule has 7 heteroatoms. The minimum atomic E-state index is -0.267. The number of rotatable bonds is 5. The number of hydrogen-bond acceptors (Lipinski definition) is 4. The molecule has 0 aliphatic carbocycles. The zero-order chi connectivity index (χ0) is 18.7. The molecule has 1 aromatic heterocycles. The van der Waals surface area contributed by atoms with Crippen LogP contribution in [0.1, 0.15) is 0 Å². The topological polar surface area (TPSA) is 69.6 Å². The van der Waals surface area contributed by atoms with Crippen LogP contribution in [0, 0.1) is 0 Å². The van der Waals surface area contributed by atoms with Crippen LogP contribution in [0.5, 0.6) is 11.5 Å². The number of nitrogens with zero attached hydrogens (tertiary/aromatic N) is 1. The molecule has 0 radical (unpaired) electrons. The van der Waals surface area contributed by atoms with Gasteiger partial charge in [-0.15, -0.1) is 0 Å². The van der Waals surface area contributed by atoms with E-state index in [-0.39, 0.29) is 17.9 Å².